The van der Waals surface area contributed by atoms with E-state index in [1.165, 1.54) is 37.7 Å². The molecule has 0 amide bonds. The Morgan fingerprint density at radius 1 is 1.06 bits per heavy atom. The normalized spacial score (nSPS) is 18.2. The molecule has 1 fully saturated rings. The molecule has 0 bridgehead atoms. The quantitative estimate of drug-likeness (QED) is 0.749. The summed E-state index contributed by atoms with van der Waals surface area (Å²) in [4.78, 5) is 0.791. The molecule has 0 atom stereocenters. The molecule has 0 unspecified atom stereocenters. The zero-order valence-corrected chi connectivity index (χ0v) is 11.1. The van der Waals surface area contributed by atoms with Crippen LogP contribution >= 0.6 is 0 Å². The molecule has 1 aromatic rings. The second kappa shape index (κ2) is 5.19. The van der Waals surface area contributed by atoms with Gasteiger partial charge in [-0.05, 0) is 43.5 Å². The zero-order valence-electron chi connectivity index (χ0n) is 10.3. The molecule has 94 valence electrons. The van der Waals surface area contributed by atoms with Gasteiger partial charge in [-0.2, -0.15) is 0 Å². The lowest BCUT2D eigenvalue weighted by Gasteiger charge is -2.22. The summed E-state index contributed by atoms with van der Waals surface area (Å²) in [6, 6.07) is 8.15. The van der Waals surface area contributed by atoms with Gasteiger partial charge in [-0.25, -0.2) is 4.72 Å². The topological polar surface area (TPSA) is 59.7 Å². The van der Waals surface area contributed by atoms with E-state index in [0.717, 1.165) is 4.90 Å². The fraction of sp³-hybridized carbons (Fsp3) is 0.538. The largest absolute Gasteiger partial charge is 0.253 e. The van der Waals surface area contributed by atoms with Gasteiger partial charge < -0.3 is 0 Å². The Balaban J connectivity index is 2.18. The van der Waals surface area contributed by atoms with Gasteiger partial charge in [0.2, 0.25) is 0 Å². The van der Waals surface area contributed by atoms with Crippen LogP contribution in [0.1, 0.15) is 43.6 Å². The summed E-state index contributed by atoms with van der Waals surface area (Å²) in [6.07, 6.45) is 6.65. The maximum absolute atomic E-state index is 7.87. The highest BCUT2D eigenvalue weighted by molar-refractivity contribution is 7.91. The highest BCUT2D eigenvalue weighted by Gasteiger charge is 2.15. The second-order valence-corrected chi connectivity index (χ2v) is 6.82. The highest BCUT2D eigenvalue weighted by atomic mass is 32.2. The minimum absolute atomic E-state index is 0.702. The van der Waals surface area contributed by atoms with E-state index < -0.39 is 9.81 Å². The zero-order chi connectivity index (χ0) is 12.3. The molecule has 0 heterocycles. The number of hydrogen-bond donors (Lipinski definition) is 3. The Labute approximate surface area is 104 Å². The molecule has 1 aromatic carbocycles. The average Bonchev–Trinajstić information content (AvgIpc) is 2.40. The molecule has 17 heavy (non-hydrogen) atoms. The van der Waals surface area contributed by atoms with Gasteiger partial charge in [0.25, 0.3) is 0 Å². The molecule has 0 aliphatic heterocycles. The maximum atomic E-state index is 7.87. The van der Waals surface area contributed by atoms with Gasteiger partial charge in [0.15, 0.2) is 0 Å². The van der Waals surface area contributed by atoms with E-state index in [-0.39, 0.29) is 0 Å². The fourth-order valence-corrected chi connectivity index (χ4v) is 3.28. The Kier molecular flexibility index (Phi) is 3.84. The summed E-state index contributed by atoms with van der Waals surface area (Å²) >= 11 is 0. The Hall–Kier alpha value is -0.870. The molecule has 1 saturated carbocycles. The van der Waals surface area contributed by atoms with E-state index >= 15 is 0 Å². The third-order valence-corrected chi connectivity index (χ3v) is 5.21. The SMILES string of the molecule is CNS(=N)(=N)c1ccc(C2CCCCC2)cc1. The van der Waals surface area contributed by atoms with Crippen LogP contribution in [-0.4, -0.2) is 7.05 Å². The summed E-state index contributed by atoms with van der Waals surface area (Å²) in [6.45, 7) is 0. The van der Waals surface area contributed by atoms with Gasteiger partial charge in [0.05, 0.1) is 0 Å². The highest BCUT2D eigenvalue weighted by Crippen LogP contribution is 2.32. The van der Waals surface area contributed by atoms with Crippen molar-refractivity contribution in [2.75, 3.05) is 7.05 Å². The molecule has 0 saturated heterocycles. The van der Waals surface area contributed by atoms with E-state index in [9.17, 15) is 0 Å². The maximum Gasteiger partial charge on any atom is 0.0418 e. The molecular formula is C13H21N3S. The monoisotopic (exact) mass is 251 g/mol. The lowest BCUT2D eigenvalue weighted by Crippen LogP contribution is -2.15. The number of benzene rings is 1. The lowest BCUT2D eigenvalue weighted by atomic mass is 9.84. The Morgan fingerprint density at radius 2 is 1.65 bits per heavy atom. The van der Waals surface area contributed by atoms with Gasteiger partial charge in [-0.3, -0.25) is 9.56 Å². The molecule has 2 rings (SSSR count). The summed E-state index contributed by atoms with van der Waals surface area (Å²) in [5.41, 5.74) is 1.39. The number of hydrogen-bond acceptors (Lipinski definition) is 2. The average molecular weight is 251 g/mol. The van der Waals surface area contributed by atoms with Gasteiger partial charge in [0.1, 0.15) is 0 Å². The second-order valence-electron chi connectivity index (χ2n) is 4.72. The standard InChI is InChI=1S/C13H21N3S/c1-16-17(14,15)13-9-7-12(8-10-13)11-5-3-2-4-6-11/h7-11H,2-6H2,1H3,(H3,14,15,16). The van der Waals surface area contributed by atoms with Gasteiger partial charge in [-0.1, -0.05) is 31.4 Å². The molecule has 3 nitrogen and oxygen atoms in total. The van der Waals surface area contributed by atoms with Crippen molar-refractivity contribution in [3.8, 4) is 0 Å². The van der Waals surface area contributed by atoms with Crippen LogP contribution in [0.5, 0.6) is 0 Å². The van der Waals surface area contributed by atoms with Crippen molar-refractivity contribution >= 4 is 9.81 Å². The minimum Gasteiger partial charge on any atom is -0.253 e. The van der Waals surface area contributed by atoms with E-state index in [2.05, 4.69) is 16.9 Å². The van der Waals surface area contributed by atoms with Crippen molar-refractivity contribution in [3.63, 3.8) is 0 Å². The van der Waals surface area contributed by atoms with Crippen LogP contribution in [0.25, 0.3) is 0 Å². The van der Waals surface area contributed by atoms with Crippen LogP contribution in [0, 0.1) is 9.56 Å². The predicted octanol–water partition coefficient (Wildman–Crippen LogP) is 3.91. The first kappa shape index (κ1) is 12.6. The van der Waals surface area contributed by atoms with Crippen LogP contribution in [0.2, 0.25) is 0 Å². The first-order valence-electron chi connectivity index (χ1n) is 6.24. The van der Waals surface area contributed by atoms with E-state index in [1.54, 1.807) is 7.05 Å². The van der Waals surface area contributed by atoms with Crippen molar-refractivity contribution in [2.45, 2.75) is 42.9 Å². The van der Waals surface area contributed by atoms with E-state index in [0.29, 0.717) is 5.92 Å². The predicted molar refractivity (Wildman–Crippen MR) is 72.4 cm³/mol. The first-order valence-corrected chi connectivity index (χ1v) is 7.88. The summed E-state index contributed by atoms with van der Waals surface area (Å²) in [5, 5.41) is 0. The Morgan fingerprint density at radius 3 is 2.18 bits per heavy atom. The lowest BCUT2D eigenvalue weighted by molar-refractivity contribution is 0.443. The smallest absolute Gasteiger partial charge is 0.0418 e. The summed E-state index contributed by atoms with van der Waals surface area (Å²) in [5.74, 6) is 0.702. The molecule has 0 spiro atoms. The van der Waals surface area contributed by atoms with Gasteiger partial charge in [0, 0.05) is 14.7 Å². The number of nitrogens with one attached hydrogen (secondary N) is 3. The third kappa shape index (κ3) is 2.87. The summed E-state index contributed by atoms with van der Waals surface area (Å²) in [7, 11) is -0.611. The molecule has 0 aromatic heterocycles. The number of rotatable bonds is 3. The van der Waals surface area contributed by atoms with Gasteiger partial charge >= 0.3 is 0 Å². The van der Waals surface area contributed by atoms with Gasteiger partial charge in [-0.15, -0.1) is 0 Å². The first-order chi connectivity index (χ1) is 8.13. The third-order valence-electron chi connectivity index (χ3n) is 3.62. The van der Waals surface area contributed by atoms with E-state index in [1.807, 2.05) is 12.1 Å². The van der Waals surface area contributed by atoms with Crippen LogP contribution in [-0.2, 0) is 9.81 Å². The molecule has 4 heteroatoms. The van der Waals surface area contributed by atoms with Crippen molar-refractivity contribution in [2.24, 2.45) is 0 Å². The summed E-state index contributed by atoms with van der Waals surface area (Å²) < 4.78 is 18.5. The molecular weight excluding hydrogens is 230 g/mol. The van der Waals surface area contributed by atoms with Crippen LogP contribution < -0.4 is 4.72 Å². The molecule has 0 radical (unpaired) electrons. The van der Waals surface area contributed by atoms with Crippen molar-refractivity contribution in [1.82, 2.24) is 4.72 Å². The minimum atomic E-state index is -2.30. The molecule has 1 aliphatic carbocycles. The van der Waals surface area contributed by atoms with Crippen molar-refractivity contribution in [1.29, 1.82) is 9.56 Å². The van der Waals surface area contributed by atoms with Crippen molar-refractivity contribution in [3.05, 3.63) is 29.8 Å². The molecule has 1 aliphatic rings. The van der Waals surface area contributed by atoms with Crippen LogP contribution in [0.4, 0.5) is 0 Å². The van der Waals surface area contributed by atoms with Crippen LogP contribution in [0.15, 0.2) is 29.2 Å². The molecule has 3 N–H and O–H groups in total. The Bertz CT molecular complexity index is 456. The van der Waals surface area contributed by atoms with Crippen LogP contribution in [0.3, 0.4) is 0 Å². The fourth-order valence-electron chi connectivity index (χ4n) is 2.50. The van der Waals surface area contributed by atoms with Crippen molar-refractivity contribution < 1.29 is 0 Å². The van der Waals surface area contributed by atoms with E-state index in [4.69, 9.17) is 9.56 Å².